The highest BCUT2D eigenvalue weighted by atomic mass is 35.5. The van der Waals surface area contributed by atoms with Gasteiger partial charge in [-0.15, -0.1) is 0 Å². The second-order valence-corrected chi connectivity index (χ2v) is 4.29. The van der Waals surface area contributed by atoms with Gasteiger partial charge < -0.3 is 5.32 Å². The number of rotatable bonds is 3. The quantitative estimate of drug-likeness (QED) is 0.911. The topological polar surface area (TPSA) is 29.9 Å². The maximum absolute atomic E-state index is 12.9. The van der Waals surface area contributed by atoms with E-state index in [1.54, 1.807) is 10.7 Å². The molecule has 5 heteroatoms. The molecule has 2 aromatic rings. The van der Waals surface area contributed by atoms with Crippen LogP contribution in [0.3, 0.4) is 0 Å². The highest BCUT2D eigenvalue weighted by Crippen LogP contribution is 2.22. The second-order valence-electron chi connectivity index (χ2n) is 3.88. The van der Waals surface area contributed by atoms with E-state index in [9.17, 15) is 4.39 Å². The Morgan fingerprint density at radius 2 is 2.18 bits per heavy atom. The molecule has 1 aromatic carbocycles. The Hall–Kier alpha value is -1.55. The number of halogens is 2. The number of hydrogen-bond donors (Lipinski definition) is 1. The van der Waals surface area contributed by atoms with Gasteiger partial charge in [-0.2, -0.15) is 5.10 Å². The van der Waals surface area contributed by atoms with E-state index in [4.69, 9.17) is 11.6 Å². The highest BCUT2D eigenvalue weighted by molar-refractivity contribution is 6.33. The van der Waals surface area contributed by atoms with Crippen LogP contribution < -0.4 is 5.32 Å². The Labute approximate surface area is 104 Å². The molecule has 0 fully saturated rings. The van der Waals surface area contributed by atoms with E-state index in [1.165, 1.54) is 12.1 Å². The van der Waals surface area contributed by atoms with Crippen molar-refractivity contribution >= 4 is 17.3 Å². The van der Waals surface area contributed by atoms with Crippen LogP contribution in [0, 0.1) is 12.7 Å². The molecule has 0 saturated carbocycles. The maximum Gasteiger partial charge on any atom is 0.124 e. The summed E-state index contributed by atoms with van der Waals surface area (Å²) in [6, 6.07) is 6.28. The van der Waals surface area contributed by atoms with Crippen LogP contribution in [0.25, 0.3) is 0 Å². The lowest BCUT2D eigenvalue weighted by Crippen LogP contribution is -2.05. The first kappa shape index (κ1) is 11.9. The van der Waals surface area contributed by atoms with Gasteiger partial charge >= 0.3 is 0 Å². The Morgan fingerprint density at radius 1 is 1.41 bits per heavy atom. The zero-order chi connectivity index (χ0) is 12.4. The van der Waals surface area contributed by atoms with E-state index < -0.39 is 0 Å². The summed E-state index contributed by atoms with van der Waals surface area (Å²) < 4.78 is 14.7. The molecule has 0 atom stereocenters. The Balaban J connectivity index is 2.10. The van der Waals surface area contributed by atoms with Crippen molar-refractivity contribution in [1.82, 2.24) is 9.78 Å². The molecule has 0 spiro atoms. The molecule has 1 N–H and O–H groups in total. The summed E-state index contributed by atoms with van der Waals surface area (Å²) in [5.41, 5.74) is 2.73. The average molecular weight is 254 g/mol. The van der Waals surface area contributed by atoms with Gasteiger partial charge in [0.05, 0.1) is 28.6 Å². The van der Waals surface area contributed by atoms with Gasteiger partial charge in [0.25, 0.3) is 0 Å². The molecule has 0 radical (unpaired) electrons. The zero-order valence-corrected chi connectivity index (χ0v) is 10.4. The molecular formula is C12H13ClFN3. The van der Waals surface area contributed by atoms with Crippen LogP contribution in [0.1, 0.15) is 11.4 Å². The summed E-state index contributed by atoms with van der Waals surface area (Å²) >= 11 is 5.92. The van der Waals surface area contributed by atoms with Crippen molar-refractivity contribution in [3.63, 3.8) is 0 Å². The van der Waals surface area contributed by atoms with E-state index in [-0.39, 0.29) is 5.82 Å². The minimum atomic E-state index is -0.336. The molecule has 3 nitrogen and oxygen atoms in total. The molecule has 0 bridgehead atoms. The van der Waals surface area contributed by atoms with E-state index in [1.807, 2.05) is 20.0 Å². The summed E-state index contributed by atoms with van der Waals surface area (Å²) in [6.07, 6.45) is 0. The Bertz CT molecular complexity index is 537. The molecule has 0 unspecified atom stereocenters. The smallest absolute Gasteiger partial charge is 0.124 e. The van der Waals surface area contributed by atoms with E-state index >= 15 is 0 Å². The van der Waals surface area contributed by atoms with Crippen LogP contribution in [0.5, 0.6) is 0 Å². The molecule has 0 amide bonds. The minimum Gasteiger partial charge on any atom is -0.378 e. The Kier molecular flexibility index (Phi) is 3.33. The lowest BCUT2D eigenvalue weighted by Gasteiger charge is -2.08. The highest BCUT2D eigenvalue weighted by Gasteiger charge is 2.04. The van der Waals surface area contributed by atoms with E-state index in [0.29, 0.717) is 17.3 Å². The minimum absolute atomic E-state index is 0.336. The first-order chi connectivity index (χ1) is 8.06. The molecular weight excluding hydrogens is 241 g/mol. The van der Waals surface area contributed by atoms with Crippen molar-refractivity contribution in [1.29, 1.82) is 0 Å². The van der Waals surface area contributed by atoms with Crippen molar-refractivity contribution in [2.45, 2.75) is 13.5 Å². The third-order valence-electron chi connectivity index (χ3n) is 2.49. The summed E-state index contributed by atoms with van der Waals surface area (Å²) in [6.45, 7) is 2.54. The van der Waals surface area contributed by atoms with Crippen molar-refractivity contribution in [2.75, 3.05) is 5.32 Å². The van der Waals surface area contributed by atoms with Gasteiger partial charge in [0.1, 0.15) is 5.82 Å². The fourth-order valence-corrected chi connectivity index (χ4v) is 1.88. The fourth-order valence-electron chi connectivity index (χ4n) is 1.65. The first-order valence-electron chi connectivity index (χ1n) is 5.24. The fraction of sp³-hybridized carbons (Fsp3) is 0.250. The number of hydrogen-bond acceptors (Lipinski definition) is 2. The number of anilines is 1. The molecule has 1 aromatic heterocycles. The SMILES string of the molecule is Cc1cc(CNc2ccc(F)cc2Cl)n(C)n1. The first-order valence-corrected chi connectivity index (χ1v) is 5.62. The van der Waals surface area contributed by atoms with Gasteiger partial charge in [-0.25, -0.2) is 4.39 Å². The summed E-state index contributed by atoms with van der Waals surface area (Å²) in [5, 5.41) is 7.77. The molecule has 2 rings (SSSR count). The maximum atomic E-state index is 12.9. The van der Waals surface area contributed by atoms with Gasteiger partial charge in [0.15, 0.2) is 0 Å². The standard InChI is InChI=1S/C12H13ClFN3/c1-8-5-10(17(2)16-8)7-15-12-4-3-9(14)6-11(12)13/h3-6,15H,7H2,1-2H3. The van der Waals surface area contributed by atoms with Crippen LogP contribution in [0.15, 0.2) is 24.3 Å². The molecule has 17 heavy (non-hydrogen) atoms. The van der Waals surface area contributed by atoms with Gasteiger partial charge in [0, 0.05) is 7.05 Å². The number of aromatic nitrogens is 2. The third kappa shape index (κ3) is 2.77. The van der Waals surface area contributed by atoms with Crippen LogP contribution in [0.4, 0.5) is 10.1 Å². The molecule has 0 aliphatic rings. The van der Waals surface area contributed by atoms with Crippen molar-refractivity contribution in [3.05, 3.63) is 46.5 Å². The summed E-state index contributed by atoms with van der Waals surface area (Å²) in [4.78, 5) is 0. The van der Waals surface area contributed by atoms with Gasteiger partial charge in [-0.05, 0) is 31.2 Å². The van der Waals surface area contributed by atoms with Crippen LogP contribution in [-0.2, 0) is 13.6 Å². The Morgan fingerprint density at radius 3 is 2.76 bits per heavy atom. The van der Waals surface area contributed by atoms with E-state index in [2.05, 4.69) is 10.4 Å². The summed E-state index contributed by atoms with van der Waals surface area (Å²) in [5.74, 6) is -0.336. The average Bonchev–Trinajstić information content (AvgIpc) is 2.56. The lowest BCUT2D eigenvalue weighted by atomic mass is 10.3. The van der Waals surface area contributed by atoms with Crippen LogP contribution in [-0.4, -0.2) is 9.78 Å². The normalized spacial score (nSPS) is 10.6. The number of benzene rings is 1. The van der Waals surface area contributed by atoms with Crippen molar-refractivity contribution in [2.24, 2.45) is 7.05 Å². The number of aryl methyl sites for hydroxylation is 2. The van der Waals surface area contributed by atoms with E-state index in [0.717, 1.165) is 11.4 Å². The van der Waals surface area contributed by atoms with Crippen LogP contribution in [0.2, 0.25) is 5.02 Å². The second kappa shape index (κ2) is 4.75. The molecule has 0 aliphatic carbocycles. The predicted octanol–water partition coefficient (Wildman–Crippen LogP) is 3.13. The van der Waals surface area contributed by atoms with Crippen molar-refractivity contribution < 1.29 is 4.39 Å². The molecule has 0 aliphatic heterocycles. The lowest BCUT2D eigenvalue weighted by molar-refractivity contribution is 0.628. The van der Waals surface area contributed by atoms with Gasteiger partial charge in [-0.1, -0.05) is 11.6 Å². The molecule has 1 heterocycles. The van der Waals surface area contributed by atoms with Crippen molar-refractivity contribution in [3.8, 4) is 0 Å². The van der Waals surface area contributed by atoms with Crippen LogP contribution >= 0.6 is 11.6 Å². The third-order valence-corrected chi connectivity index (χ3v) is 2.80. The summed E-state index contributed by atoms with van der Waals surface area (Å²) in [7, 11) is 1.89. The molecule has 0 saturated heterocycles. The van der Waals surface area contributed by atoms with Gasteiger partial charge in [0.2, 0.25) is 0 Å². The predicted molar refractivity (Wildman–Crippen MR) is 66.7 cm³/mol. The number of nitrogens with zero attached hydrogens (tertiary/aromatic N) is 2. The largest absolute Gasteiger partial charge is 0.378 e. The zero-order valence-electron chi connectivity index (χ0n) is 9.67. The van der Waals surface area contributed by atoms with Gasteiger partial charge in [-0.3, -0.25) is 4.68 Å². The molecule has 90 valence electrons. The monoisotopic (exact) mass is 253 g/mol. The number of nitrogens with one attached hydrogen (secondary N) is 1.